The fraction of sp³-hybridized carbons (Fsp3) is 0.591. The third-order valence-electron chi connectivity index (χ3n) is 6.17. The van der Waals surface area contributed by atoms with Crippen molar-refractivity contribution in [2.45, 2.75) is 58.4 Å². The molecule has 1 saturated carbocycles. The average Bonchev–Trinajstić information content (AvgIpc) is 3.15. The molecule has 0 aromatic heterocycles. The highest BCUT2D eigenvalue weighted by atomic mass is 32.2. The lowest BCUT2D eigenvalue weighted by Gasteiger charge is -2.31. The van der Waals surface area contributed by atoms with Crippen molar-refractivity contribution in [2.75, 3.05) is 13.1 Å². The van der Waals surface area contributed by atoms with E-state index in [0.29, 0.717) is 36.7 Å². The third-order valence-corrected chi connectivity index (χ3v) is 8.08. The molecule has 2 aliphatic rings. The summed E-state index contributed by atoms with van der Waals surface area (Å²) in [7, 11) is -3.46. The van der Waals surface area contributed by atoms with Crippen LogP contribution in [-0.2, 0) is 14.8 Å². The number of nitrogens with zero attached hydrogens (tertiary/aromatic N) is 1. The zero-order chi connectivity index (χ0) is 20.7. The maximum absolute atomic E-state index is 12.8. The molecule has 1 aromatic carbocycles. The summed E-state index contributed by atoms with van der Waals surface area (Å²) >= 11 is 0. The van der Waals surface area contributed by atoms with Crippen molar-refractivity contribution in [3.63, 3.8) is 0 Å². The molecule has 3 rings (SSSR count). The molecule has 0 radical (unpaired) electrons. The molecule has 6 heteroatoms. The third kappa shape index (κ3) is 4.18. The Labute approximate surface area is 169 Å². The first kappa shape index (κ1) is 21.1. The van der Waals surface area contributed by atoms with Gasteiger partial charge in [-0.25, -0.2) is 8.42 Å². The van der Waals surface area contributed by atoms with Crippen molar-refractivity contribution in [1.82, 2.24) is 9.62 Å². The van der Waals surface area contributed by atoms with Gasteiger partial charge in [0.2, 0.25) is 15.9 Å². The van der Waals surface area contributed by atoms with Gasteiger partial charge in [-0.15, -0.1) is 0 Å². The first-order valence-electron chi connectivity index (χ1n) is 10.1. The molecule has 1 aromatic rings. The highest BCUT2D eigenvalue weighted by Gasteiger charge is 2.60. The summed E-state index contributed by atoms with van der Waals surface area (Å²) in [6.07, 6.45) is 3.50. The van der Waals surface area contributed by atoms with E-state index in [2.05, 4.69) is 39.1 Å². The summed E-state index contributed by atoms with van der Waals surface area (Å²) < 4.78 is 27.2. The zero-order valence-electron chi connectivity index (χ0n) is 17.5. The molecule has 0 bridgehead atoms. The summed E-state index contributed by atoms with van der Waals surface area (Å²) in [6, 6.07) is 7.01. The van der Waals surface area contributed by atoms with Gasteiger partial charge in [-0.3, -0.25) is 4.79 Å². The summed E-state index contributed by atoms with van der Waals surface area (Å²) in [5.41, 5.74) is 2.27. The van der Waals surface area contributed by atoms with E-state index in [0.717, 1.165) is 5.56 Å². The molecule has 1 N–H and O–H groups in total. The first-order valence-corrected chi connectivity index (χ1v) is 11.5. The molecule has 28 heavy (non-hydrogen) atoms. The van der Waals surface area contributed by atoms with Gasteiger partial charge < -0.3 is 5.32 Å². The number of sulfonamides is 1. The van der Waals surface area contributed by atoms with Gasteiger partial charge in [0, 0.05) is 19.1 Å². The Morgan fingerprint density at radius 2 is 1.71 bits per heavy atom. The van der Waals surface area contributed by atoms with Crippen LogP contribution in [0.3, 0.4) is 0 Å². The lowest BCUT2D eigenvalue weighted by molar-refractivity contribution is -0.124. The van der Waals surface area contributed by atoms with Crippen LogP contribution in [-0.4, -0.2) is 37.8 Å². The number of benzene rings is 1. The Balaban J connectivity index is 1.57. The van der Waals surface area contributed by atoms with E-state index in [9.17, 15) is 13.2 Å². The van der Waals surface area contributed by atoms with Gasteiger partial charge >= 0.3 is 0 Å². The summed E-state index contributed by atoms with van der Waals surface area (Å²) in [5.74, 6) is 0.406. The minimum atomic E-state index is -3.46. The van der Waals surface area contributed by atoms with Crippen LogP contribution in [0.25, 0.3) is 0 Å². The quantitative estimate of drug-likeness (QED) is 0.764. The fourth-order valence-electron chi connectivity index (χ4n) is 4.24. The van der Waals surface area contributed by atoms with E-state index in [1.807, 2.05) is 19.1 Å². The molecular formula is C22H32N2O3S. The minimum absolute atomic E-state index is 0.00314. The molecule has 0 spiro atoms. The monoisotopic (exact) mass is 404 g/mol. The van der Waals surface area contributed by atoms with E-state index in [4.69, 9.17) is 0 Å². The molecule has 1 aliphatic heterocycles. The fourth-order valence-corrected chi connectivity index (χ4v) is 5.71. The number of carbonyl (C=O) groups excluding carboxylic acids is 1. The maximum atomic E-state index is 12.8. The van der Waals surface area contributed by atoms with E-state index in [-0.39, 0.29) is 23.3 Å². The molecule has 5 nitrogen and oxygen atoms in total. The van der Waals surface area contributed by atoms with Crippen LogP contribution in [0, 0.1) is 24.2 Å². The van der Waals surface area contributed by atoms with Crippen molar-refractivity contribution in [1.29, 1.82) is 0 Å². The average molecular weight is 405 g/mol. The zero-order valence-corrected chi connectivity index (χ0v) is 18.3. The van der Waals surface area contributed by atoms with Gasteiger partial charge in [0.05, 0.1) is 10.8 Å². The number of carbonyl (C=O) groups is 1. The van der Waals surface area contributed by atoms with E-state index >= 15 is 0 Å². The minimum Gasteiger partial charge on any atom is -0.353 e. The van der Waals surface area contributed by atoms with Gasteiger partial charge in [0.25, 0.3) is 0 Å². The van der Waals surface area contributed by atoms with Crippen molar-refractivity contribution in [3.05, 3.63) is 41.5 Å². The molecule has 1 amide bonds. The van der Waals surface area contributed by atoms with Gasteiger partial charge in [-0.1, -0.05) is 43.2 Å². The Kier molecular flexibility index (Phi) is 5.74. The number of rotatable bonds is 5. The molecule has 0 unspecified atom stereocenters. The second-order valence-electron chi connectivity index (χ2n) is 9.07. The predicted molar refractivity (Wildman–Crippen MR) is 111 cm³/mol. The van der Waals surface area contributed by atoms with Crippen LogP contribution < -0.4 is 5.32 Å². The Morgan fingerprint density at radius 3 is 2.25 bits per heavy atom. The van der Waals surface area contributed by atoms with Gasteiger partial charge in [-0.2, -0.15) is 4.31 Å². The second kappa shape index (κ2) is 7.64. The molecule has 1 saturated heterocycles. The molecule has 1 heterocycles. The van der Waals surface area contributed by atoms with E-state index < -0.39 is 10.0 Å². The van der Waals surface area contributed by atoms with Gasteiger partial charge in [0.15, 0.2) is 0 Å². The van der Waals surface area contributed by atoms with Crippen molar-refractivity contribution >= 4 is 15.9 Å². The highest BCUT2D eigenvalue weighted by molar-refractivity contribution is 7.89. The highest BCUT2D eigenvalue weighted by Crippen LogP contribution is 2.59. The Bertz CT molecular complexity index is 860. The van der Waals surface area contributed by atoms with Gasteiger partial charge in [-0.05, 0) is 57.1 Å². The largest absolute Gasteiger partial charge is 0.353 e. The molecular weight excluding hydrogens is 372 g/mol. The number of allylic oxidation sites excluding steroid dienone is 2. The SMILES string of the molecule is CC(C)=C[C@@H]1[C@@H](C(=O)NC2CCN(S(=O)(=O)c3ccc(C)cc3)CC2)C1(C)C. The number of piperidine rings is 1. The standard InChI is InChI=1S/C22H32N2O3S/c1-15(2)14-19-20(22(19,4)5)21(25)23-17-10-12-24(13-11-17)28(26,27)18-8-6-16(3)7-9-18/h6-9,14,17,19-20H,10-13H2,1-5H3,(H,23,25)/t19-,20+/m1/s1. The maximum Gasteiger partial charge on any atom is 0.243 e. The summed E-state index contributed by atoms with van der Waals surface area (Å²) in [5, 5.41) is 3.17. The van der Waals surface area contributed by atoms with E-state index in [1.54, 1.807) is 12.1 Å². The van der Waals surface area contributed by atoms with Crippen LogP contribution >= 0.6 is 0 Å². The van der Waals surface area contributed by atoms with Crippen molar-refractivity contribution < 1.29 is 13.2 Å². The molecule has 2 fully saturated rings. The number of hydrogen-bond donors (Lipinski definition) is 1. The lowest BCUT2D eigenvalue weighted by Crippen LogP contribution is -2.47. The van der Waals surface area contributed by atoms with E-state index in [1.165, 1.54) is 9.88 Å². The molecule has 154 valence electrons. The Hall–Kier alpha value is -1.66. The smallest absolute Gasteiger partial charge is 0.243 e. The number of amides is 1. The predicted octanol–water partition coefficient (Wildman–Crippen LogP) is 3.50. The number of aryl methyl sites for hydroxylation is 1. The summed E-state index contributed by atoms with van der Waals surface area (Å²) in [6.45, 7) is 11.2. The van der Waals surface area contributed by atoms with Gasteiger partial charge in [0.1, 0.15) is 0 Å². The van der Waals surface area contributed by atoms with Crippen LogP contribution in [0.15, 0.2) is 40.8 Å². The molecule has 1 aliphatic carbocycles. The number of hydrogen-bond acceptors (Lipinski definition) is 3. The molecule has 2 atom stereocenters. The van der Waals surface area contributed by atoms with Crippen LogP contribution in [0.4, 0.5) is 0 Å². The number of nitrogens with one attached hydrogen (secondary N) is 1. The summed E-state index contributed by atoms with van der Waals surface area (Å²) in [4.78, 5) is 13.1. The lowest BCUT2D eigenvalue weighted by atomic mass is 10.1. The first-order chi connectivity index (χ1) is 13.0. The second-order valence-corrected chi connectivity index (χ2v) is 11.0. The Morgan fingerprint density at radius 1 is 1.14 bits per heavy atom. The van der Waals surface area contributed by atoms with Crippen LogP contribution in [0.2, 0.25) is 0 Å². The van der Waals surface area contributed by atoms with Crippen LogP contribution in [0.5, 0.6) is 0 Å². The van der Waals surface area contributed by atoms with Crippen molar-refractivity contribution in [2.24, 2.45) is 17.3 Å². The normalized spacial score (nSPS) is 25.2. The van der Waals surface area contributed by atoms with Crippen LogP contribution in [0.1, 0.15) is 46.1 Å². The van der Waals surface area contributed by atoms with Crippen molar-refractivity contribution in [3.8, 4) is 0 Å². The topological polar surface area (TPSA) is 66.5 Å².